The summed E-state index contributed by atoms with van der Waals surface area (Å²) in [5.41, 5.74) is 4.00. The molecule has 0 saturated heterocycles. The van der Waals surface area contributed by atoms with E-state index in [-0.39, 0.29) is 5.78 Å². The van der Waals surface area contributed by atoms with Crippen LogP contribution in [0.2, 0.25) is 0 Å². The van der Waals surface area contributed by atoms with Gasteiger partial charge in [0.2, 0.25) is 0 Å². The molecular formula is C11H13NO. The third kappa shape index (κ3) is 1.37. The molecule has 0 aromatic carbocycles. The van der Waals surface area contributed by atoms with E-state index in [1.807, 2.05) is 19.9 Å². The van der Waals surface area contributed by atoms with Crippen LogP contribution in [0.4, 0.5) is 0 Å². The van der Waals surface area contributed by atoms with Gasteiger partial charge < -0.3 is 0 Å². The van der Waals surface area contributed by atoms with E-state index in [4.69, 9.17) is 0 Å². The second-order valence-corrected chi connectivity index (χ2v) is 3.66. The molecule has 68 valence electrons. The number of fused-ring (bicyclic) bond motifs is 1. The first kappa shape index (κ1) is 8.42. The van der Waals surface area contributed by atoms with Crippen LogP contribution in [0.15, 0.2) is 6.07 Å². The summed E-state index contributed by atoms with van der Waals surface area (Å²) in [6.07, 6.45) is 2.72. The van der Waals surface area contributed by atoms with Crippen molar-refractivity contribution >= 4 is 5.78 Å². The lowest BCUT2D eigenvalue weighted by Crippen LogP contribution is -2.14. The summed E-state index contributed by atoms with van der Waals surface area (Å²) in [5.74, 6) is 0.270. The van der Waals surface area contributed by atoms with Crippen molar-refractivity contribution in [1.29, 1.82) is 0 Å². The lowest BCUT2D eigenvalue weighted by atomic mass is 9.89. The van der Waals surface area contributed by atoms with Crippen molar-refractivity contribution < 1.29 is 4.79 Å². The Morgan fingerprint density at radius 1 is 1.31 bits per heavy atom. The third-order valence-electron chi connectivity index (χ3n) is 2.54. The summed E-state index contributed by atoms with van der Waals surface area (Å²) in [6, 6.07) is 2.04. The first-order valence-electron chi connectivity index (χ1n) is 4.69. The van der Waals surface area contributed by atoms with Crippen molar-refractivity contribution in [2.45, 2.75) is 33.1 Å². The Hall–Kier alpha value is -1.18. The molecule has 0 spiro atoms. The molecule has 1 heterocycles. The number of carbonyl (C=O) groups is 1. The van der Waals surface area contributed by atoms with E-state index in [1.165, 1.54) is 5.56 Å². The quantitative estimate of drug-likeness (QED) is 0.605. The fourth-order valence-electron chi connectivity index (χ4n) is 2.05. The Balaban J connectivity index is 2.63. The zero-order valence-corrected chi connectivity index (χ0v) is 8.05. The standard InChI is InChI=1S/C11H13NO/c1-7-6-9-4-3-5-10(13)11(9)8(2)12-7/h6H,3-5H2,1-2H3. The van der Waals surface area contributed by atoms with Crippen molar-refractivity contribution in [3.8, 4) is 0 Å². The van der Waals surface area contributed by atoms with Crippen LogP contribution in [0.25, 0.3) is 0 Å². The Kier molecular flexibility index (Phi) is 1.91. The highest BCUT2D eigenvalue weighted by atomic mass is 16.1. The number of rotatable bonds is 0. The molecule has 1 aromatic rings. The zero-order valence-electron chi connectivity index (χ0n) is 8.05. The maximum atomic E-state index is 11.6. The molecular weight excluding hydrogens is 162 g/mol. The van der Waals surface area contributed by atoms with Crippen LogP contribution in [0.3, 0.4) is 0 Å². The molecule has 0 saturated carbocycles. The van der Waals surface area contributed by atoms with Crippen LogP contribution in [-0.4, -0.2) is 10.8 Å². The Morgan fingerprint density at radius 2 is 2.08 bits per heavy atom. The van der Waals surface area contributed by atoms with Gasteiger partial charge in [0.15, 0.2) is 5.78 Å². The normalized spacial score (nSPS) is 15.7. The van der Waals surface area contributed by atoms with E-state index in [0.29, 0.717) is 6.42 Å². The van der Waals surface area contributed by atoms with Gasteiger partial charge in [0.05, 0.1) is 0 Å². The largest absolute Gasteiger partial charge is 0.294 e. The van der Waals surface area contributed by atoms with Gasteiger partial charge in [-0.2, -0.15) is 0 Å². The number of nitrogens with zero attached hydrogens (tertiary/aromatic N) is 1. The molecule has 0 bridgehead atoms. The molecule has 0 N–H and O–H groups in total. The molecule has 2 rings (SSSR count). The Bertz CT molecular complexity index is 369. The minimum atomic E-state index is 0.270. The number of aryl methyl sites for hydroxylation is 3. The van der Waals surface area contributed by atoms with Crippen molar-refractivity contribution in [3.63, 3.8) is 0 Å². The van der Waals surface area contributed by atoms with Gasteiger partial charge in [-0.05, 0) is 38.3 Å². The number of hydrogen-bond acceptors (Lipinski definition) is 2. The molecule has 0 unspecified atom stereocenters. The van der Waals surface area contributed by atoms with E-state index < -0.39 is 0 Å². The summed E-state index contributed by atoms with van der Waals surface area (Å²) in [5, 5.41) is 0. The van der Waals surface area contributed by atoms with Gasteiger partial charge in [-0.25, -0.2) is 0 Å². The van der Waals surface area contributed by atoms with Crippen LogP contribution < -0.4 is 0 Å². The van der Waals surface area contributed by atoms with Gasteiger partial charge in [-0.1, -0.05) is 0 Å². The van der Waals surface area contributed by atoms with E-state index in [9.17, 15) is 4.79 Å². The molecule has 0 radical (unpaired) electrons. The number of Topliss-reactive ketones (excluding diaryl/α,β-unsaturated/α-hetero) is 1. The van der Waals surface area contributed by atoms with Crippen LogP contribution >= 0.6 is 0 Å². The first-order valence-corrected chi connectivity index (χ1v) is 4.69. The lowest BCUT2D eigenvalue weighted by molar-refractivity contribution is 0.0971. The minimum absolute atomic E-state index is 0.270. The van der Waals surface area contributed by atoms with Crippen LogP contribution in [0.1, 0.15) is 40.2 Å². The summed E-state index contributed by atoms with van der Waals surface area (Å²) < 4.78 is 0. The number of aromatic nitrogens is 1. The van der Waals surface area contributed by atoms with Crippen molar-refractivity contribution in [1.82, 2.24) is 4.98 Å². The molecule has 1 aliphatic rings. The van der Waals surface area contributed by atoms with Gasteiger partial charge in [0.25, 0.3) is 0 Å². The first-order chi connectivity index (χ1) is 6.18. The van der Waals surface area contributed by atoms with Crippen molar-refractivity contribution in [2.24, 2.45) is 0 Å². The molecule has 0 aliphatic heterocycles. The van der Waals surface area contributed by atoms with Crippen LogP contribution in [-0.2, 0) is 6.42 Å². The second-order valence-electron chi connectivity index (χ2n) is 3.66. The van der Waals surface area contributed by atoms with Gasteiger partial charge in [0.1, 0.15) is 0 Å². The molecule has 0 amide bonds. The maximum absolute atomic E-state index is 11.6. The van der Waals surface area contributed by atoms with Gasteiger partial charge in [-0.15, -0.1) is 0 Å². The number of hydrogen-bond donors (Lipinski definition) is 0. The van der Waals surface area contributed by atoms with E-state index >= 15 is 0 Å². The Labute approximate surface area is 78.0 Å². The number of pyridine rings is 1. The summed E-state index contributed by atoms with van der Waals surface area (Å²) in [6.45, 7) is 3.90. The second kappa shape index (κ2) is 2.95. The van der Waals surface area contributed by atoms with E-state index in [0.717, 1.165) is 29.8 Å². The summed E-state index contributed by atoms with van der Waals surface area (Å²) in [7, 11) is 0. The zero-order chi connectivity index (χ0) is 9.42. The predicted octanol–water partition coefficient (Wildman–Crippen LogP) is 2.22. The predicted molar refractivity (Wildman–Crippen MR) is 51.0 cm³/mol. The molecule has 13 heavy (non-hydrogen) atoms. The van der Waals surface area contributed by atoms with Crippen molar-refractivity contribution in [3.05, 3.63) is 28.6 Å². The average molecular weight is 175 g/mol. The fraction of sp³-hybridized carbons (Fsp3) is 0.455. The Morgan fingerprint density at radius 3 is 2.85 bits per heavy atom. The minimum Gasteiger partial charge on any atom is -0.294 e. The topological polar surface area (TPSA) is 30.0 Å². The highest BCUT2D eigenvalue weighted by Crippen LogP contribution is 2.23. The third-order valence-corrected chi connectivity index (χ3v) is 2.54. The molecule has 1 aliphatic carbocycles. The highest BCUT2D eigenvalue weighted by molar-refractivity contribution is 5.99. The lowest BCUT2D eigenvalue weighted by Gasteiger charge is -2.16. The SMILES string of the molecule is Cc1cc2c(c(C)n1)C(=O)CCC2. The molecule has 2 heteroatoms. The summed E-state index contributed by atoms with van der Waals surface area (Å²) >= 11 is 0. The van der Waals surface area contributed by atoms with Gasteiger partial charge in [0, 0.05) is 23.4 Å². The average Bonchev–Trinajstić information content (AvgIpc) is 2.02. The molecule has 0 atom stereocenters. The monoisotopic (exact) mass is 175 g/mol. The number of carbonyl (C=O) groups excluding carboxylic acids is 1. The fourth-order valence-corrected chi connectivity index (χ4v) is 2.05. The van der Waals surface area contributed by atoms with Gasteiger partial charge in [-0.3, -0.25) is 9.78 Å². The number of ketones is 1. The maximum Gasteiger partial charge on any atom is 0.164 e. The smallest absolute Gasteiger partial charge is 0.164 e. The molecule has 1 aromatic heterocycles. The molecule has 0 fully saturated rings. The van der Waals surface area contributed by atoms with Crippen LogP contribution in [0.5, 0.6) is 0 Å². The highest BCUT2D eigenvalue weighted by Gasteiger charge is 2.19. The van der Waals surface area contributed by atoms with E-state index in [1.54, 1.807) is 0 Å². The summed E-state index contributed by atoms with van der Waals surface area (Å²) in [4.78, 5) is 15.9. The van der Waals surface area contributed by atoms with E-state index in [2.05, 4.69) is 4.98 Å². The van der Waals surface area contributed by atoms with Gasteiger partial charge >= 0.3 is 0 Å². The molecule has 2 nitrogen and oxygen atoms in total. The van der Waals surface area contributed by atoms with Crippen molar-refractivity contribution in [2.75, 3.05) is 0 Å². The van der Waals surface area contributed by atoms with Crippen LogP contribution in [0, 0.1) is 13.8 Å².